The predicted octanol–water partition coefficient (Wildman–Crippen LogP) is 0.557. The van der Waals surface area contributed by atoms with Gasteiger partial charge in [0.15, 0.2) is 0 Å². The Morgan fingerprint density at radius 1 is 1.58 bits per heavy atom. The maximum absolute atomic E-state index is 10.5. The molecule has 0 aliphatic carbocycles. The van der Waals surface area contributed by atoms with Crippen LogP contribution in [0.5, 0.6) is 0 Å². The fraction of sp³-hybridized carbons (Fsp3) is 0.889. The van der Waals surface area contributed by atoms with Gasteiger partial charge < -0.3 is 4.90 Å². The van der Waals surface area contributed by atoms with Crippen molar-refractivity contribution in [2.45, 2.75) is 32.4 Å². The molecule has 0 radical (unpaired) electrons. The molecule has 1 atom stereocenters. The van der Waals surface area contributed by atoms with Crippen LogP contribution in [0.2, 0.25) is 0 Å². The zero-order valence-corrected chi connectivity index (χ0v) is 8.16. The molecule has 1 saturated heterocycles. The lowest BCUT2D eigenvalue weighted by atomic mass is 10.2. The zero-order valence-electron chi connectivity index (χ0n) is 8.16. The average Bonchev–Trinajstić information content (AvgIpc) is 2.50. The zero-order chi connectivity index (χ0) is 9.14. The summed E-state index contributed by atoms with van der Waals surface area (Å²) in [7, 11) is 2.13. The van der Waals surface area contributed by atoms with Gasteiger partial charge in [-0.3, -0.25) is 9.69 Å². The largest absolute Gasteiger partial charge is 0.344 e. The molecule has 1 rings (SSSR count). The van der Waals surface area contributed by atoms with Crippen molar-refractivity contribution in [2.75, 3.05) is 20.1 Å². The SMILES string of the molecule is CC(C)N(C)C1CCN(C=O)C1. The molecule has 0 N–H and O–H groups in total. The highest BCUT2D eigenvalue weighted by molar-refractivity contribution is 5.47. The third-order valence-corrected chi connectivity index (χ3v) is 2.73. The van der Waals surface area contributed by atoms with Crippen molar-refractivity contribution >= 4 is 6.41 Å². The van der Waals surface area contributed by atoms with Crippen LogP contribution in [0.1, 0.15) is 20.3 Å². The molecule has 3 heteroatoms. The van der Waals surface area contributed by atoms with Gasteiger partial charge in [0, 0.05) is 25.2 Å². The maximum Gasteiger partial charge on any atom is 0.209 e. The van der Waals surface area contributed by atoms with Crippen LogP contribution in [0.25, 0.3) is 0 Å². The summed E-state index contributed by atoms with van der Waals surface area (Å²) in [5.41, 5.74) is 0. The Bertz CT molecular complexity index is 159. The van der Waals surface area contributed by atoms with Crippen LogP contribution < -0.4 is 0 Å². The molecule has 70 valence electrons. The molecule has 1 unspecified atom stereocenters. The molecule has 0 bridgehead atoms. The Balaban J connectivity index is 2.40. The number of nitrogens with zero attached hydrogens (tertiary/aromatic N) is 2. The van der Waals surface area contributed by atoms with E-state index in [-0.39, 0.29) is 0 Å². The fourth-order valence-electron chi connectivity index (χ4n) is 1.62. The molecule has 0 aromatic heterocycles. The number of hydrogen-bond acceptors (Lipinski definition) is 2. The highest BCUT2D eigenvalue weighted by atomic mass is 16.1. The van der Waals surface area contributed by atoms with Gasteiger partial charge in [0.2, 0.25) is 6.41 Å². The van der Waals surface area contributed by atoms with Crippen LogP contribution in [-0.4, -0.2) is 48.4 Å². The first-order valence-corrected chi connectivity index (χ1v) is 4.56. The lowest BCUT2D eigenvalue weighted by Gasteiger charge is -2.27. The number of likely N-dealkylation sites (N-methyl/N-ethyl adjacent to an activating group) is 1. The lowest BCUT2D eigenvalue weighted by Crippen LogP contribution is -2.38. The summed E-state index contributed by atoms with van der Waals surface area (Å²) in [4.78, 5) is 14.6. The van der Waals surface area contributed by atoms with E-state index < -0.39 is 0 Å². The second-order valence-electron chi connectivity index (χ2n) is 3.80. The second-order valence-corrected chi connectivity index (χ2v) is 3.80. The smallest absolute Gasteiger partial charge is 0.209 e. The Labute approximate surface area is 74.3 Å². The van der Waals surface area contributed by atoms with Crippen molar-refractivity contribution in [1.29, 1.82) is 0 Å². The summed E-state index contributed by atoms with van der Waals surface area (Å²) >= 11 is 0. The number of rotatable bonds is 3. The fourth-order valence-corrected chi connectivity index (χ4v) is 1.62. The number of carbonyl (C=O) groups excluding carboxylic acids is 1. The molecule has 1 aliphatic heterocycles. The van der Waals surface area contributed by atoms with Crippen molar-refractivity contribution in [3.05, 3.63) is 0 Å². The number of carbonyl (C=O) groups is 1. The van der Waals surface area contributed by atoms with Crippen LogP contribution in [-0.2, 0) is 4.79 Å². The van der Waals surface area contributed by atoms with Crippen molar-refractivity contribution in [3.63, 3.8) is 0 Å². The Morgan fingerprint density at radius 3 is 2.67 bits per heavy atom. The summed E-state index contributed by atoms with van der Waals surface area (Å²) in [6.45, 7) is 6.19. The molecule has 1 fully saturated rings. The molecule has 0 spiro atoms. The average molecular weight is 170 g/mol. The van der Waals surface area contributed by atoms with Crippen LogP contribution in [0.3, 0.4) is 0 Å². The predicted molar refractivity (Wildman–Crippen MR) is 48.9 cm³/mol. The van der Waals surface area contributed by atoms with Crippen LogP contribution >= 0.6 is 0 Å². The molecule has 0 saturated carbocycles. The standard InChI is InChI=1S/C9H18N2O/c1-8(2)10(3)9-4-5-11(6-9)7-12/h7-9H,4-6H2,1-3H3. The molecule has 1 aliphatic rings. The van der Waals surface area contributed by atoms with Gasteiger partial charge in [-0.25, -0.2) is 0 Å². The first kappa shape index (κ1) is 9.52. The summed E-state index contributed by atoms with van der Waals surface area (Å²) < 4.78 is 0. The Hall–Kier alpha value is -0.570. The quantitative estimate of drug-likeness (QED) is 0.578. The van der Waals surface area contributed by atoms with Gasteiger partial charge >= 0.3 is 0 Å². The molecule has 3 nitrogen and oxygen atoms in total. The highest BCUT2D eigenvalue weighted by Gasteiger charge is 2.25. The van der Waals surface area contributed by atoms with Crippen LogP contribution in [0.4, 0.5) is 0 Å². The van der Waals surface area contributed by atoms with E-state index in [9.17, 15) is 4.79 Å². The van der Waals surface area contributed by atoms with Gasteiger partial charge in [0.1, 0.15) is 0 Å². The van der Waals surface area contributed by atoms with Crippen molar-refractivity contribution < 1.29 is 4.79 Å². The molecule has 12 heavy (non-hydrogen) atoms. The monoisotopic (exact) mass is 170 g/mol. The minimum Gasteiger partial charge on any atom is -0.344 e. The Kier molecular flexibility index (Phi) is 3.09. The van der Waals surface area contributed by atoms with Crippen LogP contribution in [0.15, 0.2) is 0 Å². The minimum absolute atomic E-state index is 0.565. The maximum atomic E-state index is 10.5. The topological polar surface area (TPSA) is 23.6 Å². The van der Waals surface area contributed by atoms with Crippen molar-refractivity contribution in [3.8, 4) is 0 Å². The number of amides is 1. The summed E-state index contributed by atoms with van der Waals surface area (Å²) in [5.74, 6) is 0. The van der Waals surface area contributed by atoms with Gasteiger partial charge in [0.05, 0.1) is 0 Å². The molecule has 1 amide bonds. The van der Waals surface area contributed by atoms with E-state index in [1.54, 1.807) is 0 Å². The summed E-state index contributed by atoms with van der Waals surface area (Å²) in [6.07, 6.45) is 2.07. The van der Waals surface area contributed by atoms with Crippen LogP contribution in [0, 0.1) is 0 Å². The van der Waals surface area contributed by atoms with E-state index >= 15 is 0 Å². The van der Waals surface area contributed by atoms with Gasteiger partial charge in [0.25, 0.3) is 0 Å². The number of likely N-dealkylation sites (tertiary alicyclic amines) is 1. The van der Waals surface area contributed by atoms with E-state index in [4.69, 9.17) is 0 Å². The van der Waals surface area contributed by atoms with E-state index in [0.29, 0.717) is 12.1 Å². The van der Waals surface area contributed by atoms with Crippen molar-refractivity contribution in [1.82, 2.24) is 9.80 Å². The third-order valence-electron chi connectivity index (χ3n) is 2.73. The van der Waals surface area contributed by atoms with E-state index in [0.717, 1.165) is 25.9 Å². The highest BCUT2D eigenvalue weighted by Crippen LogP contribution is 2.14. The summed E-state index contributed by atoms with van der Waals surface area (Å²) in [5, 5.41) is 0. The first-order valence-electron chi connectivity index (χ1n) is 4.56. The lowest BCUT2D eigenvalue weighted by molar-refractivity contribution is -0.117. The third kappa shape index (κ3) is 1.97. The molecule has 0 aromatic rings. The van der Waals surface area contributed by atoms with Gasteiger partial charge in [-0.2, -0.15) is 0 Å². The summed E-state index contributed by atoms with van der Waals surface area (Å²) in [6, 6.07) is 1.14. The molecule has 0 aromatic carbocycles. The second kappa shape index (κ2) is 3.90. The van der Waals surface area contributed by atoms with Crippen molar-refractivity contribution in [2.24, 2.45) is 0 Å². The van der Waals surface area contributed by atoms with E-state index in [1.165, 1.54) is 0 Å². The van der Waals surface area contributed by atoms with Gasteiger partial charge in [-0.1, -0.05) is 0 Å². The normalized spacial score (nSPS) is 24.1. The minimum atomic E-state index is 0.565. The van der Waals surface area contributed by atoms with E-state index in [2.05, 4.69) is 25.8 Å². The molecule has 1 heterocycles. The van der Waals surface area contributed by atoms with E-state index in [1.807, 2.05) is 4.90 Å². The Morgan fingerprint density at radius 2 is 2.25 bits per heavy atom. The van der Waals surface area contributed by atoms with Gasteiger partial charge in [-0.15, -0.1) is 0 Å². The first-order chi connectivity index (χ1) is 5.65. The molecular formula is C9H18N2O. The van der Waals surface area contributed by atoms with Gasteiger partial charge in [-0.05, 0) is 27.3 Å². The molecular weight excluding hydrogens is 152 g/mol. The number of hydrogen-bond donors (Lipinski definition) is 0.